The van der Waals surface area contributed by atoms with Gasteiger partial charge in [-0.25, -0.2) is 4.79 Å². The van der Waals surface area contributed by atoms with Crippen LogP contribution in [0.15, 0.2) is 24.3 Å². The molecule has 0 aromatic heterocycles. The van der Waals surface area contributed by atoms with Crippen LogP contribution in [0, 0.1) is 0 Å². The molecule has 23 heavy (non-hydrogen) atoms. The van der Waals surface area contributed by atoms with E-state index < -0.39 is 5.97 Å². The van der Waals surface area contributed by atoms with Gasteiger partial charge in [0.1, 0.15) is 0 Å². The van der Waals surface area contributed by atoms with Crippen LogP contribution in [0.25, 0.3) is 0 Å². The van der Waals surface area contributed by atoms with Gasteiger partial charge in [-0.2, -0.15) is 0 Å². The molecule has 0 aliphatic heterocycles. The van der Waals surface area contributed by atoms with Crippen LogP contribution in [0.3, 0.4) is 0 Å². The summed E-state index contributed by atoms with van der Waals surface area (Å²) in [6.07, 6.45) is 2.10. The fourth-order valence-corrected chi connectivity index (χ4v) is 2.06. The van der Waals surface area contributed by atoms with Crippen molar-refractivity contribution < 1.29 is 19.5 Å². The molecule has 0 atom stereocenters. The van der Waals surface area contributed by atoms with Gasteiger partial charge in [0.25, 0.3) is 0 Å². The number of rotatable bonds is 9. The predicted molar refractivity (Wildman–Crippen MR) is 87.0 cm³/mol. The van der Waals surface area contributed by atoms with Crippen molar-refractivity contribution in [3.63, 3.8) is 0 Å². The van der Waals surface area contributed by atoms with E-state index in [0.29, 0.717) is 32.4 Å². The van der Waals surface area contributed by atoms with Crippen molar-refractivity contribution in [2.75, 3.05) is 13.6 Å². The number of carbonyl (C=O) groups excluding carboxylic acids is 2. The molecule has 0 radical (unpaired) electrons. The molecule has 0 spiro atoms. The first kappa shape index (κ1) is 18.7. The zero-order chi connectivity index (χ0) is 17.2. The maximum absolute atomic E-state index is 12.0. The molecule has 1 rings (SSSR count). The minimum Gasteiger partial charge on any atom is -0.478 e. The number of nitrogens with zero attached hydrogens (tertiary/aromatic N) is 1. The van der Waals surface area contributed by atoms with E-state index in [9.17, 15) is 14.4 Å². The number of amides is 2. The van der Waals surface area contributed by atoms with Gasteiger partial charge in [0.05, 0.1) is 5.56 Å². The third kappa shape index (κ3) is 6.95. The zero-order valence-corrected chi connectivity index (χ0v) is 13.7. The SMILES string of the molecule is CCCNC(=O)CCCC(=O)N(C)Cc1ccc(C(=O)O)cc1. The second-order valence-corrected chi connectivity index (χ2v) is 5.46. The minimum absolute atomic E-state index is 0.0217. The summed E-state index contributed by atoms with van der Waals surface area (Å²) in [4.78, 5) is 35.8. The Labute approximate surface area is 136 Å². The lowest BCUT2D eigenvalue weighted by atomic mass is 10.1. The summed E-state index contributed by atoms with van der Waals surface area (Å²) in [5.74, 6) is -1.02. The van der Waals surface area contributed by atoms with Crippen LogP contribution in [0.2, 0.25) is 0 Å². The molecule has 126 valence electrons. The van der Waals surface area contributed by atoms with Gasteiger partial charge in [0.15, 0.2) is 0 Å². The molecule has 2 amide bonds. The number of aromatic carboxylic acids is 1. The summed E-state index contributed by atoms with van der Waals surface area (Å²) in [5, 5.41) is 11.6. The highest BCUT2D eigenvalue weighted by molar-refractivity contribution is 5.87. The first-order valence-corrected chi connectivity index (χ1v) is 7.77. The van der Waals surface area contributed by atoms with Gasteiger partial charge < -0.3 is 15.3 Å². The molecular weight excluding hydrogens is 296 g/mol. The number of nitrogens with one attached hydrogen (secondary N) is 1. The van der Waals surface area contributed by atoms with Crippen LogP contribution in [0.4, 0.5) is 0 Å². The van der Waals surface area contributed by atoms with Gasteiger partial charge in [-0.15, -0.1) is 0 Å². The summed E-state index contributed by atoms with van der Waals surface area (Å²) < 4.78 is 0. The average Bonchev–Trinajstić information content (AvgIpc) is 2.53. The maximum atomic E-state index is 12.0. The third-order valence-corrected chi connectivity index (χ3v) is 3.41. The molecule has 1 aromatic rings. The van der Waals surface area contributed by atoms with Gasteiger partial charge in [-0.1, -0.05) is 19.1 Å². The number of carboxylic acids is 1. The van der Waals surface area contributed by atoms with Gasteiger partial charge in [0.2, 0.25) is 11.8 Å². The molecule has 0 heterocycles. The monoisotopic (exact) mass is 320 g/mol. The van der Waals surface area contributed by atoms with E-state index in [4.69, 9.17) is 5.11 Å². The highest BCUT2D eigenvalue weighted by atomic mass is 16.4. The number of hydrogen-bond donors (Lipinski definition) is 2. The molecule has 1 aromatic carbocycles. The fraction of sp³-hybridized carbons (Fsp3) is 0.471. The standard InChI is InChI=1S/C17H24N2O4/c1-3-11-18-15(20)5-4-6-16(21)19(2)12-13-7-9-14(10-8-13)17(22)23/h7-10H,3-6,11-12H2,1-2H3,(H,18,20)(H,22,23). The average molecular weight is 320 g/mol. The van der Waals surface area contributed by atoms with Crippen molar-refractivity contribution in [3.05, 3.63) is 35.4 Å². The van der Waals surface area contributed by atoms with Gasteiger partial charge in [-0.3, -0.25) is 9.59 Å². The normalized spacial score (nSPS) is 10.2. The Balaban J connectivity index is 2.36. The molecule has 0 fully saturated rings. The second kappa shape index (κ2) is 9.61. The predicted octanol–water partition coefficient (Wildman–Crippen LogP) is 2.04. The highest BCUT2D eigenvalue weighted by Gasteiger charge is 2.11. The lowest BCUT2D eigenvalue weighted by Crippen LogP contribution is -2.27. The van der Waals surface area contributed by atoms with E-state index in [1.54, 1.807) is 24.1 Å². The topological polar surface area (TPSA) is 86.7 Å². The second-order valence-electron chi connectivity index (χ2n) is 5.46. The summed E-state index contributed by atoms with van der Waals surface area (Å²) >= 11 is 0. The minimum atomic E-state index is -0.970. The highest BCUT2D eigenvalue weighted by Crippen LogP contribution is 2.09. The number of carboxylic acid groups (broad SMARTS) is 1. The quantitative estimate of drug-likeness (QED) is 0.729. The van der Waals surface area contributed by atoms with Gasteiger partial charge in [-0.05, 0) is 30.5 Å². The summed E-state index contributed by atoms with van der Waals surface area (Å²) in [6, 6.07) is 6.44. The van der Waals surface area contributed by atoms with Crippen LogP contribution in [0.5, 0.6) is 0 Å². The van der Waals surface area contributed by atoms with E-state index in [1.165, 1.54) is 12.1 Å². The van der Waals surface area contributed by atoms with Crippen LogP contribution >= 0.6 is 0 Å². The van der Waals surface area contributed by atoms with Gasteiger partial charge >= 0.3 is 5.97 Å². The van der Waals surface area contributed by atoms with Gasteiger partial charge in [0, 0.05) is 33.0 Å². The van der Waals surface area contributed by atoms with Crippen LogP contribution in [-0.2, 0) is 16.1 Å². The Morgan fingerprint density at radius 1 is 1.13 bits per heavy atom. The summed E-state index contributed by atoms with van der Waals surface area (Å²) in [7, 11) is 1.70. The van der Waals surface area contributed by atoms with Crippen molar-refractivity contribution in [1.29, 1.82) is 0 Å². The molecule has 0 aliphatic carbocycles. The Bertz CT molecular complexity index is 540. The van der Waals surface area contributed by atoms with Crippen molar-refractivity contribution >= 4 is 17.8 Å². The van der Waals surface area contributed by atoms with E-state index in [1.807, 2.05) is 6.92 Å². The lowest BCUT2D eigenvalue weighted by Gasteiger charge is -2.17. The fourth-order valence-electron chi connectivity index (χ4n) is 2.06. The third-order valence-electron chi connectivity index (χ3n) is 3.41. The number of benzene rings is 1. The molecule has 0 saturated carbocycles. The smallest absolute Gasteiger partial charge is 0.335 e. The van der Waals surface area contributed by atoms with E-state index in [2.05, 4.69) is 5.32 Å². The first-order chi connectivity index (χ1) is 10.9. The molecule has 0 unspecified atom stereocenters. The molecule has 0 saturated heterocycles. The summed E-state index contributed by atoms with van der Waals surface area (Å²) in [5.41, 5.74) is 1.09. The van der Waals surface area contributed by atoms with Crippen molar-refractivity contribution in [2.24, 2.45) is 0 Å². The van der Waals surface area contributed by atoms with Crippen molar-refractivity contribution in [3.8, 4) is 0 Å². The van der Waals surface area contributed by atoms with Crippen LogP contribution in [0.1, 0.15) is 48.5 Å². The Hall–Kier alpha value is -2.37. The molecule has 6 heteroatoms. The maximum Gasteiger partial charge on any atom is 0.335 e. The summed E-state index contributed by atoms with van der Waals surface area (Å²) in [6.45, 7) is 3.07. The first-order valence-electron chi connectivity index (χ1n) is 7.77. The van der Waals surface area contributed by atoms with E-state index in [0.717, 1.165) is 12.0 Å². The van der Waals surface area contributed by atoms with E-state index in [-0.39, 0.29) is 17.4 Å². The molecular formula is C17H24N2O4. The Morgan fingerprint density at radius 3 is 2.35 bits per heavy atom. The van der Waals surface area contributed by atoms with Crippen LogP contribution < -0.4 is 5.32 Å². The zero-order valence-electron chi connectivity index (χ0n) is 13.7. The molecule has 0 aliphatic rings. The number of hydrogen-bond acceptors (Lipinski definition) is 3. The Morgan fingerprint density at radius 2 is 1.78 bits per heavy atom. The van der Waals surface area contributed by atoms with Crippen LogP contribution in [-0.4, -0.2) is 41.4 Å². The Kier molecular flexibility index (Phi) is 7.80. The lowest BCUT2D eigenvalue weighted by molar-refractivity contribution is -0.130. The number of carbonyl (C=O) groups is 3. The molecule has 0 bridgehead atoms. The molecule has 6 nitrogen and oxygen atoms in total. The molecule has 2 N–H and O–H groups in total. The van der Waals surface area contributed by atoms with Crippen molar-refractivity contribution in [2.45, 2.75) is 39.2 Å². The van der Waals surface area contributed by atoms with E-state index >= 15 is 0 Å². The van der Waals surface area contributed by atoms with Crippen molar-refractivity contribution in [1.82, 2.24) is 10.2 Å². The largest absolute Gasteiger partial charge is 0.478 e.